The van der Waals surface area contributed by atoms with E-state index in [2.05, 4.69) is 14.8 Å². The van der Waals surface area contributed by atoms with Crippen LogP contribution in [-0.4, -0.2) is 23.0 Å². The molecular weight excluding hydrogens is 295 g/mol. The van der Waals surface area contributed by atoms with Gasteiger partial charge in [-0.25, -0.2) is 22.3 Å². The fourth-order valence-corrected chi connectivity index (χ4v) is 2.97. The van der Waals surface area contributed by atoms with Crippen LogP contribution < -0.4 is 4.72 Å². The lowest BCUT2D eigenvalue weighted by atomic mass is 10.4. The van der Waals surface area contributed by atoms with Crippen molar-refractivity contribution in [3.05, 3.63) is 54.2 Å². The maximum Gasteiger partial charge on any atom is 0.262 e. The predicted molar refractivity (Wildman–Crippen MR) is 74.9 cm³/mol. The summed E-state index contributed by atoms with van der Waals surface area (Å²) < 4.78 is 41.3. The average Bonchev–Trinajstić information content (AvgIpc) is 2.80. The number of anilines is 1. The van der Waals surface area contributed by atoms with Gasteiger partial charge in [0, 0.05) is 6.20 Å². The number of pyridine rings is 1. The summed E-state index contributed by atoms with van der Waals surface area (Å²) in [6, 6.07) is 7.83. The Bertz CT molecular complexity index is 904. The van der Waals surface area contributed by atoms with Crippen molar-refractivity contribution in [1.82, 2.24) is 14.6 Å². The second-order valence-corrected chi connectivity index (χ2v) is 6.09. The Morgan fingerprint density at radius 1 is 1.19 bits per heavy atom. The first-order valence-electron chi connectivity index (χ1n) is 6.06. The van der Waals surface area contributed by atoms with Gasteiger partial charge in [0.2, 0.25) is 0 Å². The first kappa shape index (κ1) is 13.5. The SMILES string of the molecule is Cc1nc2c(NS(=O)(=O)c3ccc(F)cc3)cccn2n1. The Labute approximate surface area is 120 Å². The van der Waals surface area contributed by atoms with E-state index >= 15 is 0 Å². The van der Waals surface area contributed by atoms with E-state index in [1.807, 2.05) is 0 Å². The van der Waals surface area contributed by atoms with Gasteiger partial charge in [0.25, 0.3) is 10.0 Å². The van der Waals surface area contributed by atoms with E-state index in [1.165, 1.54) is 16.6 Å². The van der Waals surface area contributed by atoms with Crippen LogP contribution in [-0.2, 0) is 10.0 Å². The zero-order valence-electron chi connectivity index (χ0n) is 11.0. The van der Waals surface area contributed by atoms with Gasteiger partial charge < -0.3 is 0 Å². The third-order valence-electron chi connectivity index (χ3n) is 2.84. The number of sulfonamides is 1. The summed E-state index contributed by atoms with van der Waals surface area (Å²) in [5.41, 5.74) is 0.711. The topological polar surface area (TPSA) is 76.4 Å². The summed E-state index contributed by atoms with van der Waals surface area (Å²) in [5, 5.41) is 4.11. The molecule has 0 radical (unpaired) electrons. The Morgan fingerprint density at radius 3 is 2.62 bits per heavy atom. The molecule has 0 atom stereocenters. The van der Waals surface area contributed by atoms with Crippen molar-refractivity contribution in [1.29, 1.82) is 0 Å². The van der Waals surface area contributed by atoms with Crippen LogP contribution in [0.25, 0.3) is 5.65 Å². The van der Waals surface area contributed by atoms with Gasteiger partial charge in [-0.3, -0.25) is 4.72 Å². The third-order valence-corrected chi connectivity index (χ3v) is 4.22. The van der Waals surface area contributed by atoms with E-state index in [1.54, 1.807) is 25.3 Å². The molecule has 0 amide bonds. The molecule has 0 saturated carbocycles. The molecule has 3 aromatic rings. The van der Waals surface area contributed by atoms with Gasteiger partial charge in [0.1, 0.15) is 11.6 Å². The largest absolute Gasteiger partial charge is 0.276 e. The Hall–Kier alpha value is -2.48. The number of nitrogens with one attached hydrogen (secondary N) is 1. The average molecular weight is 306 g/mol. The van der Waals surface area contributed by atoms with Crippen LogP contribution in [0.1, 0.15) is 5.82 Å². The molecule has 6 nitrogen and oxygen atoms in total. The molecule has 0 aliphatic heterocycles. The van der Waals surface area contributed by atoms with E-state index < -0.39 is 15.8 Å². The normalized spacial score (nSPS) is 11.7. The molecule has 0 aliphatic rings. The van der Waals surface area contributed by atoms with Crippen molar-refractivity contribution in [2.45, 2.75) is 11.8 Å². The van der Waals surface area contributed by atoms with Crippen molar-refractivity contribution in [2.24, 2.45) is 0 Å². The first-order valence-corrected chi connectivity index (χ1v) is 7.54. The molecule has 3 rings (SSSR count). The molecule has 1 aromatic carbocycles. The van der Waals surface area contributed by atoms with Gasteiger partial charge in [-0.1, -0.05) is 0 Å². The standard InChI is InChI=1S/C13H11FN4O2S/c1-9-15-13-12(3-2-8-18(13)16-9)17-21(19,20)11-6-4-10(14)5-7-11/h2-8,17H,1H3. The van der Waals surface area contributed by atoms with E-state index in [-0.39, 0.29) is 4.90 Å². The molecule has 0 fully saturated rings. The number of fused-ring (bicyclic) bond motifs is 1. The van der Waals surface area contributed by atoms with Gasteiger partial charge in [0.15, 0.2) is 5.65 Å². The lowest BCUT2D eigenvalue weighted by Gasteiger charge is -2.08. The van der Waals surface area contributed by atoms with E-state index in [9.17, 15) is 12.8 Å². The summed E-state index contributed by atoms with van der Waals surface area (Å²) >= 11 is 0. The summed E-state index contributed by atoms with van der Waals surface area (Å²) in [4.78, 5) is 4.14. The van der Waals surface area contributed by atoms with Crippen LogP contribution in [0, 0.1) is 12.7 Å². The Kier molecular flexibility index (Phi) is 3.09. The van der Waals surface area contributed by atoms with Crippen molar-refractivity contribution in [3.63, 3.8) is 0 Å². The lowest BCUT2D eigenvalue weighted by Crippen LogP contribution is -2.13. The number of hydrogen-bond acceptors (Lipinski definition) is 4. The molecule has 0 spiro atoms. The minimum atomic E-state index is -3.81. The lowest BCUT2D eigenvalue weighted by molar-refractivity contribution is 0.599. The van der Waals surface area contributed by atoms with Gasteiger partial charge in [0.05, 0.1) is 10.6 Å². The van der Waals surface area contributed by atoms with Gasteiger partial charge in [-0.05, 0) is 43.3 Å². The number of benzene rings is 1. The quantitative estimate of drug-likeness (QED) is 0.802. The van der Waals surface area contributed by atoms with E-state index in [0.717, 1.165) is 12.1 Å². The summed E-state index contributed by atoms with van der Waals surface area (Å²) in [5.74, 6) is 0.0348. The fraction of sp³-hybridized carbons (Fsp3) is 0.0769. The van der Waals surface area contributed by atoms with Crippen molar-refractivity contribution in [3.8, 4) is 0 Å². The molecule has 1 N–H and O–H groups in total. The second-order valence-electron chi connectivity index (χ2n) is 4.41. The number of hydrogen-bond donors (Lipinski definition) is 1. The minimum Gasteiger partial charge on any atom is -0.276 e. The van der Waals surface area contributed by atoms with Gasteiger partial charge >= 0.3 is 0 Å². The van der Waals surface area contributed by atoms with Crippen LogP contribution in [0.5, 0.6) is 0 Å². The van der Waals surface area contributed by atoms with Crippen LogP contribution in [0.15, 0.2) is 47.5 Å². The third kappa shape index (κ3) is 2.57. The second kappa shape index (κ2) is 4.81. The molecule has 2 heterocycles. The number of aromatic nitrogens is 3. The molecule has 0 bridgehead atoms. The van der Waals surface area contributed by atoms with Gasteiger partial charge in [-0.15, -0.1) is 0 Å². The summed E-state index contributed by atoms with van der Waals surface area (Å²) in [6.45, 7) is 1.71. The summed E-state index contributed by atoms with van der Waals surface area (Å²) in [6.07, 6.45) is 1.67. The number of rotatable bonds is 3. The van der Waals surface area contributed by atoms with Crippen LogP contribution >= 0.6 is 0 Å². The van der Waals surface area contributed by atoms with Crippen LogP contribution in [0.4, 0.5) is 10.1 Å². The molecule has 0 unspecified atom stereocenters. The van der Waals surface area contributed by atoms with Crippen LogP contribution in [0.3, 0.4) is 0 Å². The Balaban J connectivity index is 2.03. The minimum absolute atomic E-state index is 0.0258. The monoisotopic (exact) mass is 306 g/mol. The maximum absolute atomic E-state index is 12.9. The molecule has 8 heteroatoms. The summed E-state index contributed by atoms with van der Waals surface area (Å²) in [7, 11) is -3.81. The molecule has 0 aliphatic carbocycles. The number of nitrogens with zero attached hydrogens (tertiary/aromatic N) is 3. The van der Waals surface area contributed by atoms with Crippen molar-refractivity contribution in [2.75, 3.05) is 4.72 Å². The maximum atomic E-state index is 12.9. The molecule has 108 valence electrons. The fourth-order valence-electron chi connectivity index (χ4n) is 1.91. The molecule has 0 saturated heterocycles. The highest BCUT2D eigenvalue weighted by Gasteiger charge is 2.16. The van der Waals surface area contributed by atoms with Crippen molar-refractivity contribution >= 4 is 21.4 Å². The van der Waals surface area contributed by atoms with E-state index in [4.69, 9.17) is 0 Å². The smallest absolute Gasteiger partial charge is 0.262 e. The highest BCUT2D eigenvalue weighted by atomic mass is 32.2. The van der Waals surface area contributed by atoms with Crippen LogP contribution in [0.2, 0.25) is 0 Å². The zero-order valence-corrected chi connectivity index (χ0v) is 11.8. The van der Waals surface area contributed by atoms with Gasteiger partial charge in [-0.2, -0.15) is 5.10 Å². The highest BCUT2D eigenvalue weighted by Crippen LogP contribution is 2.20. The molecule has 21 heavy (non-hydrogen) atoms. The predicted octanol–water partition coefficient (Wildman–Crippen LogP) is 1.98. The van der Waals surface area contributed by atoms with E-state index in [0.29, 0.717) is 17.2 Å². The highest BCUT2D eigenvalue weighted by molar-refractivity contribution is 7.92. The number of aryl methyl sites for hydroxylation is 1. The zero-order chi connectivity index (χ0) is 15.0. The molecule has 2 aromatic heterocycles. The number of halogens is 1. The Morgan fingerprint density at radius 2 is 1.90 bits per heavy atom. The molecular formula is C13H11FN4O2S. The first-order chi connectivity index (χ1) is 9.95. The van der Waals surface area contributed by atoms with Crippen molar-refractivity contribution < 1.29 is 12.8 Å².